The topological polar surface area (TPSA) is 88.1 Å². The molecular formula is C19H27F3N2O5S. The number of piperidine rings is 1. The van der Waals surface area contributed by atoms with E-state index < -0.39 is 12.1 Å². The Morgan fingerprint density at radius 3 is 2.73 bits per heavy atom. The second-order valence-corrected chi connectivity index (χ2v) is 7.99. The van der Waals surface area contributed by atoms with Gasteiger partial charge in [0.25, 0.3) is 0 Å². The van der Waals surface area contributed by atoms with Crippen LogP contribution in [0, 0.1) is 11.8 Å². The van der Waals surface area contributed by atoms with E-state index in [2.05, 4.69) is 27.0 Å². The van der Waals surface area contributed by atoms with Gasteiger partial charge >= 0.3 is 12.1 Å². The van der Waals surface area contributed by atoms with E-state index in [0.29, 0.717) is 25.7 Å². The lowest BCUT2D eigenvalue weighted by Crippen LogP contribution is -2.53. The highest BCUT2D eigenvalue weighted by Gasteiger charge is 2.41. The summed E-state index contributed by atoms with van der Waals surface area (Å²) in [6.45, 7) is 4.83. The Bertz CT molecular complexity index is 672. The molecule has 0 unspecified atom stereocenters. The minimum absolute atomic E-state index is 0.0656. The number of likely N-dealkylation sites (tertiary alicyclic amines) is 1. The molecule has 0 bridgehead atoms. The lowest BCUT2D eigenvalue weighted by atomic mass is 9.79. The maximum absolute atomic E-state index is 12.5. The van der Waals surface area contributed by atoms with Crippen LogP contribution in [0.4, 0.5) is 13.2 Å². The number of ether oxygens (including phenoxy) is 2. The van der Waals surface area contributed by atoms with Gasteiger partial charge < -0.3 is 19.9 Å². The number of carboxylic acids is 1. The molecular weight excluding hydrogens is 425 g/mol. The summed E-state index contributed by atoms with van der Waals surface area (Å²) >= 11 is 1.74. The standard InChI is InChI=1S/C17H26N2O3S.C2HF3O2/c1-21-8-5-18-17(20)14-3-7-22-16-2-6-19(11-15(14)16)10-13-4-9-23-12-13;3-2(4,5)1(6)7/h4,9,12,14-16H,2-3,5-8,10-11H2,1H3,(H,18,20);(H,6,7)/t14-,15-,16-;/m1./s1. The molecule has 30 heavy (non-hydrogen) atoms. The van der Waals surface area contributed by atoms with E-state index >= 15 is 0 Å². The first-order valence-corrected chi connectivity index (χ1v) is 10.6. The Kier molecular flexibility index (Phi) is 9.53. The van der Waals surface area contributed by atoms with Gasteiger partial charge in [-0.3, -0.25) is 9.69 Å². The molecule has 3 heterocycles. The monoisotopic (exact) mass is 452 g/mol. The number of methoxy groups -OCH3 is 1. The van der Waals surface area contributed by atoms with Crippen LogP contribution < -0.4 is 5.32 Å². The van der Waals surface area contributed by atoms with Gasteiger partial charge in [0.1, 0.15) is 0 Å². The first-order valence-electron chi connectivity index (χ1n) is 9.64. The van der Waals surface area contributed by atoms with Crippen LogP contribution in [0.15, 0.2) is 16.8 Å². The summed E-state index contributed by atoms with van der Waals surface area (Å²) in [7, 11) is 1.65. The number of alkyl halides is 3. The fourth-order valence-corrected chi connectivity index (χ4v) is 4.36. The molecule has 2 fully saturated rings. The van der Waals surface area contributed by atoms with Crippen LogP contribution in [0.1, 0.15) is 18.4 Å². The van der Waals surface area contributed by atoms with Crippen molar-refractivity contribution in [3.8, 4) is 0 Å². The van der Waals surface area contributed by atoms with Crippen molar-refractivity contribution in [2.24, 2.45) is 11.8 Å². The zero-order chi connectivity index (χ0) is 22.1. The van der Waals surface area contributed by atoms with Gasteiger partial charge in [-0.25, -0.2) is 4.79 Å². The number of nitrogens with zero attached hydrogens (tertiary/aromatic N) is 1. The molecule has 7 nitrogen and oxygen atoms in total. The molecule has 170 valence electrons. The number of aliphatic carboxylic acids is 1. The first kappa shape index (κ1) is 24.6. The fraction of sp³-hybridized carbons (Fsp3) is 0.684. The van der Waals surface area contributed by atoms with Crippen molar-refractivity contribution in [2.45, 2.75) is 31.7 Å². The van der Waals surface area contributed by atoms with E-state index in [0.717, 1.165) is 32.5 Å². The Balaban J connectivity index is 0.000000396. The molecule has 2 N–H and O–H groups in total. The molecule has 3 atom stereocenters. The van der Waals surface area contributed by atoms with E-state index in [9.17, 15) is 18.0 Å². The molecule has 0 aliphatic carbocycles. The Hall–Kier alpha value is -1.69. The Labute approximate surface area is 177 Å². The van der Waals surface area contributed by atoms with Crippen molar-refractivity contribution in [2.75, 3.05) is 40.0 Å². The van der Waals surface area contributed by atoms with Gasteiger partial charge in [0.2, 0.25) is 5.91 Å². The van der Waals surface area contributed by atoms with Crippen LogP contribution >= 0.6 is 11.3 Å². The van der Waals surface area contributed by atoms with Crippen LogP contribution in [-0.4, -0.2) is 74.1 Å². The van der Waals surface area contributed by atoms with Crippen LogP contribution in [0.3, 0.4) is 0 Å². The predicted molar refractivity (Wildman–Crippen MR) is 104 cm³/mol. The van der Waals surface area contributed by atoms with Gasteiger partial charge in [0.05, 0.1) is 12.7 Å². The van der Waals surface area contributed by atoms with Crippen LogP contribution in [0.5, 0.6) is 0 Å². The summed E-state index contributed by atoms with van der Waals surface area (Å²) in [5.74, 6) is -2.22. The fourth-order valence-electron chi connectivity index (χ4n) is 3.70. The number of carboxylic acid groups (broad SMARTS) is 1. The molecule has 0 saturated carbocycles. The number of nitrogens with one attached hydrogen (secondary N) is 1. The van der Waals surface area contributed by atoms with Crippen LogP contribution in [0.25, 0.3) is 0 Å². The van der Waals surface area contributed by atoms with Crippen molar-refractivity contribution in [1.82, 2.24) is 10.2 Å². The minimum atomic E-state index is -5.08. The Morgan fingerprint density at radius 2 is 2.13 bits per heavy atom. The summed E-state index contributed by atoms with van der Waals surface area (Å²) in [5, 5.41) is 14.5. The number of thiophene rings is 1. The highest BCUT2D eigenvalue weighted by molar-refractivity contribution is 7.07. The number of fused-ring (bicyclic) bond motifs is 1. The van der Waals surface area contributed by atoms with E-state index in [1.165, 1.54) is 5.56 Å². The average Bonchev–Trinajstić information content (AvgIpc) is 3.20. The van der Waals surface area contributed by atoms with Gasteiger partial charge in [-0.1, -0.05) is 0 Å². The number of hydrogen-bond acceptors (Lipinski definition) is 6. The quantitative estimate of drug-likeness (QED) is 0.645. The number of halogens is 3. The maximum atomic E-state index is 12.5. The van der Waals surface area contributed by atoms with E-state index in [1.807, 2.05) is 0 Å². The normalized spacial score (nSPS) is 24.3. The molecule has 2 aliphatic heterocycles. The summed E-state index contributed by atoms with van der Waals surface area (Å²) in [6, 6.07) is 2.18. The van der Waals surface area contributed by atoms with Crippen molar-refractivity contribution in [3.63, 3.8) is 0 Å². The third-order valence-electron chi connectivity index (χ3n) is 5.12. The maximum Gasteiger partial charge on any atom is 0.490 e. The van der Waals surface area contributed by atoms with E-state index in [-0.39, 0.29) is 17.9 Å². The molecule has 0 radical (unpaired) electrons. The van der Waals surface area contributed by atoms with Gasteiger partial charge in [-0.15, -0.1) is 0 Å². The Morgan fingerprint density at radius 1 is 1.40 bits per heavy atom. The summed E-state index contributed by atoms with van der Waals surface area (Å²) in [6.07, 6.45) is -3.00. The molecule has 1 amide bonds. The van der Waals surface area contributed by atoms with Gasteiger partial charge in [-0.05, 0) is 35.2 Å². The van der Waals surface area contributed by atoms with Crippen LogP contribution in [0.2, 0.25) is 0 Å². The van der Waals surface area contributed by atoms with Gasteiger partial charge in [0, 0.05) is 51.7 Å². The van der Waals surface area contributed by atoms with Gasteiger partial charge in [-0.2, -0.15) is 24.5 Å². The molecule has 2 saturated heterocycles. The highest BCUT2D eigenvalue weighted by atomic mass is 32.1. The van der Waals surface area contributed by atoms with Crippen molar-refractivity contribution in [1.29, 1.82) is 0 Å². The highest BCUT2D eigenvalue weighted by Crippen LogP contribution is 2.34. The van der Waals surface area contributed by atoms with Gasteiger partial charge in [0.15, 0.2) is 0 Å². The minimum Gasteiger partial charge on any atom is -0.475 e. The second kappa shape index (κ2) is 11.6. The predicted octanol–water partition coefficient (Wildman–Crippen LogP) is 2.37. The summed E-state index contributed by atoms with van der Waals surface area (Å²) < 4.78 is 42.7. The number of carbonyl (C=O) groups excluding carboxylic acids is 1. The number of rotatable bonds is 6. The summed E-state index contributed by atoms with van der Waals surface area (Å²) in [5.41, 5.74) is 1.37. The van der Waals surface area contributed by atoms with Crippen LogP contribution in [-0.2, 0) is 25.6 Å². The lowest BCUT2D eigenvalue weighted by Gasteiger charge is -2.44. The van der Waals surface area contributed by atoms with Crippen molar-refractivity contribution >= 4 is 23.2 Å². The number of amides is 1. The number of hydrogen-bond donors (Lipinski definition) is 2. The third-order valence-corrected chi connectivity index (χ3v) is 5.86. The summed E-state index contributed by atoms with van der Waals surface area (Å²) in [4.78, 5) is 23.9. The zero-order valence-electron chi connectivity index (χ0n) is 16.7. The first-order chi connectivity index (χ1) is 14.2. The molecule has 1 aromatic heterocycles. The molecule has 11 heteroatoms. The van der Waals surface area contributed by atoms with E-state index in [1.54, 1.807) is 18.4 Å². The lowest BCUT2D eigenvalue weighted by molar-refractivity contribution is -0.192. The third kappa shape index (κ3) is 7.53. The molecule has 3 rings (SSSR count). The van der Waals surface area contributed by atoms with Crippen molar-refractivity contribution in [3.05, 3.63) is 22.4 Å². The average molecular weight is 452 g/mol. The molecule has 0 aromatic carbocycles. The SMILES string of the molecule is COCCNC(=O)[C@@H]1CCO[C@@H]2CCN(Cc3ccsc3)C[C@@H]21.O=C(O)C(F)(F)F. The molecule has 1 aromatic rings. The van der Waals surface area contributed by atoms with E-state index in [4.69, 9.17) is 19.4 Å². The largest absolute Gasteiger partial charge is 0.490 e. The van der Waals surface area contributed by atoms with Crippen molar-refractivity contribution < 1.29 is 37.3 Å². The zero-order valence-corrected chi connectivity index (χ0v) is 17.5. The smallest absolute Gasteiger partial charge is 0.475 e. The second-order valence-electron chi connectivity index (χ2n) is 7.21. The molecule has 2 aliphatic rings. The number of carbonyl (C=O) groups is 2. The molecule has 0 spiro atoms.